The first-order valence-corrected chi connectivity index (χ1v) is 9.89. The van der Waals surface area contributed by atoms with Gasteiger partial charge in [0.15, 0.2) is 0 Å². The van der Waals surface area contributed by atoms with E-state index >= 15 is 0 Å². The van der Waals surface area contributed by atoms with Crippen molar-refractivity contribution in [2.45, 2.75) is 11.3 Å². The standard InChI is InChI=1S/C22H18FN3OS/c23-16-8-10-18(11-9-16)28-13-12-21(27)24-17-5-3-4-15(14-17)22-25-19-6-1-2-7-20(19)26-22/h1-11,14H,12-13H2,(H,24,27)(H,25,26). The zero-order valence-corrected chi connectivity index (χ0v) is 15.8. The average molecular weight is 391 g/mol. The Labute approximate surface area is 166 Å². The molecule has 3 aromatic carbocycles. The maximum Gasteiger partial charge on any atom is 0.225 e. The zero-order chi connectivity index (χ0) is 19.3. The van der Waals surface area contributed by atoms with Crippen LogP contribution >= 0.6 is 11.8 Å². The number of nitrogens with one attached hydrogen (secondary N) is 2. The predicted octanol–water partition coefficient (Wildman–Crippen LogP) is 5.49. The summed E-state index contributed by atoms with van der Waals surface area (Å²) >= 11 is 1.53. The van der Waals surface area contributed by atoms with E-state index in [0.29, 0.717) is 12.2 Å². The molecule has 1 amide bonds. The average Bonchev–Trinajstić information content (AvgIpc) is 3.14. The second kappa shape index (κ2) is 8.27. The van der Waals surface area contributed by atoms with Crippen LogP contribution in [0.15, 0.2) is 77.7 Å². The maximum absolute atomic E-state index is 12.9. The van der Waals surface area contributed by atoms with Gasteiger partial charge in [-0.2, -0.15) is 0 Å². The molecule has 140 valence electrons. The second-order valence-electron chi connectivity index (χ2n) is 6.28. The van der Waals surface area contributed by atoms with Crippen LogP contribution in [0, 0.1) is 5.82 Å². The minimum absolute atomic E-state index is 0.0589. The molecule has 0 aliphatic rings. The Morgan fingerprint density at radius 2 is 1.86 bits per heavy atom. The number of carbonyl (C=O) groups excluding carboxylic acids is 1. The Morgan fingerprint density at radius 3 is 2.68 bits per heavy atom. The van der Waals surface area contributed by atoms with Crippen molar-refractivity contribution >= 4 is 34.4 Å². The highest BCUT2D eigenvalue weighted by molar-refractivity contribution is 7.99. The monoisotopic (exact) mass is 391 g/mol. The van der Waals surface area contributed by atoms with Crippen LogP contribution in [0.3, 0.4) is 0 Å². The topological polar surface area (TPSA) is 57.8 Å². The third kappa shape index (κ3) is 4.40. The van der Waals surface area contributed by atoms with E-state index < -0.39 is 0 Å². The van der Waals surface area contributed by atoms with Crippen LogP contribution in [0.25, 0.3) is 22.4 Å². The van der Waals surface area contributed by atoms with E-state index in [2.05, 4.69) is 15.3 Å². The minimum atomic E-state index is -0.258. The third-order valence-electron chi connectivity index (χ3n) is 4.22. The van der Waals surface area contributed by atoms with Crippen LogP contribution < -0.4 is 5.32 Å². The fraction of sp³-hybridized carbons (Fsp3) is 0.0909. The molecule has 0 radical (unpaired) electrons. The first-order chi connectivity index (χ1) is 13.7. The van der Waals surface area contributed by atoms with Crippen LogP contribution in [0.5, 0.6) is 0 Å². The largest absolute Gasteiger partial charge is 0.338 e. The van der Waals surface area contributed by atoms with Crippen molar-refractivity contribution in [2.24, 2.45) is 0 Å². The number of para-hydroxylation sites is 2. The molecule has 0 saturated heterocycles. The van der Waals surface area contributed by atoms with Gasteiger partial charge in [0.2, 0.25) is 5.91 Å². The fourth-order valence-electron chi connectivity index (χ4n) is 2.85. The van der Waals surface area contributed by atoms with Gasteiger partial charge in [0.25, 0.3) is 0 Å². The van der Waals surface area contributed by atoms with Gasteiger partial charge in [0.05, 0.1) is 11.0 Å². The summed E-state index contributed by atoms with van der Waals surface area (Å²) in [4.78, 5) is 21.1. The lowest BCUT2D eigenvalue weighted by Crippen LogP contribution is -2.12. The molecule has 4 aromatic rings. The number of amides is 1. The van der Waals surface area contributed by atoms with Crippen molar-refractivity contribution in [2.75, 3.05) is 11.1 Å². The number of aromatic amines is 1. The van der Waals surface area contributed by atoms with Crippen LogP contribution in [-0.4, -0.2) is 21.6 Å². The van der Waals surface area contributed by atoms with E-state index in [0.717, 1.165) is 33.0 Å². The van der Waals surface area contributed by atoms with Gasteiger partial charge in [-0.05, 0) is 48.5 Å². The van der Waals surface area contributed by atoms with E-state index in [1.165, 1.54) is 23.9 Å². The summed E-state index contributed by atoms with van der Waals surface area (Å²) in [6.45, 7) is 0. The van der Waals surface area contributed by atoms with Gasteiger partial charge in [-0.1, -0.05) is 24.3 Å². The third-order valence-corrected chi connectivity index (χ3v) is 5.23. The van der Waals surface area contributed by atoms with Crippen molar-refractivity contribution in [1.82, 2.24) is 9.97 Å². The number of hydrogen-bond donors (Lipinski definition) is 2. The van der Waals surface area contributed by atoms with E-state index in [1.54, 1.807) is 12.1 Å². The SMILES string of the molecule is O=C(CCSc1ccc(F)cc1)Nc1cccc(-c2nc3ccccc3[nH]2)c1. The highest BCUT2D eigenvalue weighted by Crippen LogP contribution is 2.23. The number of H-pyrrole nitrogens is 1. The highest BCUT2D eigenvalue weighted by atomic mass is 32.2. The molecule has 0 aliphatic carbocycles. The summed E-state index contributed by atoms with van der Waals surface area (Å²) in [5.41, 5.74) is 3.53. The van der Waals surface area contributed by atoms with Gasteiger partial charge in [-0.15, -0.1) is 11.8 Å². The minimum Gasteiger partial charge on any atom is -0.338 e. The smallest absolute Gasteiger partial charge is 0.225 e. The number of carbonyl (C=O) groups is 1. The molecular formula is C22H18FN3OS. The molecular weight excluding hydrogens is 373 g/mol. The van der Waals surface area contributed by atoms with Crippen molar-refractivity contribution in [3.05, 3.63) is 78.6 Å². The van der Waals surface area contributed by atoms with E-state index in [9.17, 15) is 9.18 Å². The molecule has 4 rings (SSSR count). The molecule has 0 aliphatic heterocycles. The fourth-order valence-corrected chi connectivity index (χ4v) is 3.70. The molecule has 1 heterocycles. The Morgan fingerprint density at radius 1 is 1.04 bits per heavy atom. The van der Waals surface area contributed by atoms with Crippen molar-refractivity contribution in [1.29, 1.82) is 0 Å². The lowest BCUT2D eigenvalue weighted by Gasteiger charge is -2.07. The number of imidazole rings is 1. The van der Waals surface area contributed by atoms with Gasteiger partial charge < -0.3 is 10.3 Å². The molecule has 4 nitrogen and oxygen atoms in total. The number of fused-ring (bicyclic) bond motifs is 1. The number of halogens is 1. The number of benzene rings is 3. The molecule has 0 fully saturated rings. The Hall–Kier alpha value is -3.12. The van der Waals surface area contributed by atoms with Crippen LogP contribution in [-0.2, 0) is 4.79 Å². The molecule has 0 unspecified atom stereocenters. The normalized spacial score (nSPS) is 10.9. The quantitative estimate of drug-likeness (QED) is 0.427. The Balaban J connectivity index is 1.37. The first-order valence-electron chi connectivity index (χ1n) is 8.91. The number of hydrogen-bond acceptors (Lipinski definition) is 3. The molecule has 0 spiro atoms. The number of aromatic nitrogens is 2. The Bertz CT molecular complexity index is 1080. The zero-order valence-electron chi connectivity index (χ0n) is 15.0. The van der Waals surface area contributed by atoms with E-state index in [-0.39, 0.29) is 11.7 Å². The second-order valence-corrected chi connectivity index (χ2v) is 7.45. The van der Waals surface area contributed by atoms with Crippen molar-refractivity contribution < 1.29 is 9.18 Å². The molecule has 0 atom stereocenters. The number of anilines is 1. The van der Waals surface area contributed by atoms with Crippen LogP contribution in [0.1, 0.15) is 6.42 Å². The summed E-state index contributed by atoms with van der Waals surface area (Å²) in [7, 11) is 0. The van der Waals surface area contributed by atoms with Gasteiger partial charge >= 0.3 is 0 Å². The van der Waals surface area contributed by atoms with Gasteiger partial charge in [-0.25, -0.2) is 9.37 Å². The molecule has 0 bridgehead atoms. The molecule has 1 aromatic heterocycles. The number of thioether (sulfide) groups is 1. The first kappa shape index (κ1) is 18.3. The van der Waals surface area contributed by atoms with Crippen molar-refractivity contribution in [3.63, 3.8) is 0 Å². The van der Waals surface area contributed by atoms with Crippen molar-refractivity contribution in [3.8, 4) is 11.4 Å². The summed E-state index contributed by atoms with van der Waals surface area (Å²) in [5, 5.41) is 2.93. The molecule has 28 heavy (non-hydrogen) atoms. The lowest BCUT2D eigenvalue weighted by atomic mass is 10.2. The lowest BCUT2D eigenvalue weighted by molar-refractivity contribution is -0.115. The number of rotatable bonds is 6. The molecule has 0 saturated carbocycles. The molecule has 6 heteroatoms. The summed E-state index contributed by atoms with van der Waals surface area (Å²) in [5.74, 6) is 1.08. The van der Waals surface area contributed by atoms with Crippen LogP contribution in [0.4, 0.5) is 10.1 Å². The van der Waals surface area contributed by atoms with Gasteiger partial charge in [0.1, 0.15) is 11.6 Å². The summed E-state index contributed by atoms with van der Waals surface area (Å²) in [6, 6.07) is 21.7. The Kier molecular flexibility index (Phi) is 5.39. The summed E-state index contributed by atoms with van der Waals surface area (Å²) in [6.07, 6.45) is 0.372. The molecule has 2 N–H and O–H groups in total. The van der Waals surface area contributed by atoms with Gasteiger partial charge in [0, 0.05) is 28.3 Å². The van der Waals surface area contributed by atoms with Crippen LogP contribution in [0.2, 0.25) is 0 Å². The highest BCUT2D eigenvalue weighted by Gasteiger charge is 2.08. The maximum atomic E-state index is 12.9. The van der Waals surface area contributed by atoms with Gasteiger partial charge in [-0.3, -0.25) is 4.79 Å². The van der Waals surface area contributed by atoms with E-state index in [1.807, 2.05) is 48.5 Å². The summed E-state index contributed by atoms with van der Waals surface area (Å²) < 4.78 is 12.9. The predicted molar refractivity (Wildman–Crippen MR) is 112 cm³/mol. The number of nitrogens with zero attached hydrogens (tertiary/aromatic N) is 1. The van der Waals surface area contributed by atoms with E-state index in [4.69, 9.17) is 0 Å².